The highest BCUT2D eigenvalue weighted by atomic mass is 79.9. The molecule has 1 aromatic heterocycles. The first kappa shape index (κ1) is 16.1. The molecule has 0 aromatic carbocycles. The van der Waals surface area contributed by atoms with Crippen molar-refractivity contribution in [3.63, 3.8) is 0 Å². The number of hydrogen-bond acceptors (Lipinski definition) is 4. The molecule has 0 saturated heterocycles. The van der Waals surface area contributed by atoms with Gasteiger partial charge in [-0.2, -0.15) is 0 Å². The van der Waals surface area contributed by atoms with Gasteiger partial charge in [-0.15, -0.1) is 11.3 Å². The van der Waals surface area contributed by atoms with E-state index in [1.807, 2.05) is 6.92 Å². The van der Waals surface area contributed by atoms with Crippen molar-refractivity contribution in [1.29, 1.82) is 0 Å². The quantitative estimate of drug-likeness (QED) is 0.817. The van der Waals surface area contributed by atoms with E-state index in [4.69, 9.17) is 5.11 Å². The molecule has 0 saturated carbocycles. The van der Waals surface area contributed by atoms with Crippen LogP contribution in [0.4, 0.5) is 0 Å². The number of hydrogen-bond donors (Lipinski definition) is 2. The molecular formula is C12H17BrN2O3S. The second-order valence-electron chi connectivity index (χ2n) is 4.25. The van der Waals surface area contributed by atoms with Crippen LogP contribution < -0.4 is 5.32 Å². The number of nitrogens with one attached hydrogen (secondary N) is 1. The van der Waals surface area contributed by atoms with Crippen molar-refractivity contribution in [2.45, 2.75) is 19.4 Å². The first-order valence-electron chi connectivity index (χ1n) is 5.85. The number of nitrogens with zero attached hydrogens (tertiary/aromatic N) is 1. The van der Waals surface area contributed by atoms with Crippen LogP contribution in [0, 0.1) is 0 Å². The lowest BCUT2D eigenvalue weighted by Crippen LogP contribution is -2.41. The lowest BCUT2D eigenvalue weighted by molar-refractivity contribution is -0.122. The zero-order chi connectivity index (χ0) is 14.4. The normalized spacial score (nSPS) is 12.0. The lowest BCUT2D eigenvalue weighted by atomic mass is 10.2. The van der Waals surface area contributed by atoms with Gasteiger partial charge in [0.1, 0.15) is 0 Å². The Hall–Kier alpha value is -0.920. The van der Waals surface area contributed by atoms with E-state index in [2.05, 4.69) is 21.2 Å². The number of thiophene rings is 1. The smallest absolute Gasteiger partial charge is 0.264 e. The van der Waals surface area contributed by atoms with Gasteiger partial charge in [0.15, 0.2) is 0 Å². The van der Waals surface area contributed by atoms with Crippen LogP contribution in [0.1, 0.15) is 23.0 Å². The van der Waals surface area contributed by atoms with Gasteiger partial charge in [-0.1, -0.05) is 0 Å². The summed E-state index contributed by atoms with van der Waals surface area (Å²) in [5.74, 6) is -0.409. The van der Waals surface area contributed by atoms with E-state index in [1.54, 1.807) is 19.2 Å². The van der Waals surface area contributed by atoms with Gasteiger partial charge in [0.05, 0.1) is 15.2 Å². The van der Waals surface area contributed by atoms with E-state index in [0.29, 0.717) is 11.3 Å². The molecule has 0 radical (unpaired) electrons. The lowest BCUT2D eigenvalue weighted by Gasteiger charge is -2.18. The number of carbonyl (C=O) groups is 2. The Morgan fingerprint density at radius 3 is 2.74 bits per heavy atom. The van der Waals surface area contributed by atoms with Gasteiger partial charge in [-0.25, -0.2) is 0 Å². The maximum atomic E-state index is 12.0. The topological polar surface area (TPSA) is 69.6 Å². The van der Waals surface area contributed by atoms with Crippen molar-refractivity contribution in [1.82, 2.24) is 10.2 Å². The molecule has 5 nitrogen and oxygen atoms in total. The molecule has 1 rings (SSSR count). The summed E-state index contributed by atoms with van der Waals surface area (Å²) in [6.45, 7) is 1.84. The highest BCUT2D eigenvalue weighted by Gasteiger charge is 2.17. The Morgan fingerprint density at radius 2 is 2.21 bits per heavy atom. The summed E-state index contributed by atoms with van der Waals surface area (Å²) >= 11 is 4.63. The van der Waals surface area contributed by atoms with Crippen molar-refractivity contribution < 1.29 is 14.7 Å². The second kappa shape index (κ2) is 7.62. The molecule has 7 heteroatoms. The monoisotopic (exact) mass is 348 g/mol. The fourth-order valence-electron chi connectivity index (χ4n) is 1.49. The molecule has 1 unspecified atom stereocenters. The molecule has 0 aliphatic carbocycles. The maximum absolute atomic E-state index is 12.0. The summed E-state index contributed by atoms with van der Waals surface area (Å²) in [5.41, 5.74) is 0. The van der Waals surface area contributed by atoms with Gasteiger partial charge in [-0.3, -0.25) is 9.59 Å². The van der Waals surface area contributed by atoms with E-state index < -0.39 is 0 Å². The SMILES string of the molecule is CC(CCO)NC(=O)CN(C)C(=O)c1ccc(Br)s1. The van der Waals surface area contributed by atoms with Crippen LogP contribution in [0.3, 0.4) is 0 Å². The molecular weight excluding hydrogens is 332 g/mol. The molecule has 1 atom stereocenters. The van der Waals surface area contributed by atoms with Crippen molar-refractivity contribution in [3.8, 4) is 0 Å². The Balaban J connectivity index is 2.48. The van der Waals surface area contributed by atoms with Gasteiger partial charge in [0.25, 0.3) is 5.91 Å². The average Bonchev–Trinajstić information content (AvgIpc) is 2.74. The first-order valence-corrected chi connectivity index (χ1v) is 7.46. The second-order valence-corrected chi connectivity index (χ2v) is 6.71. The van der Waals surface area contributed by atoms with Crippen molar-refractivity contribution in [3.05, 3.63) is 20.8 Å². The van der Waals surface area contributed by atoms with Crippen LogP contribution >= 0.6 is 27.3 Å². The van der Waals surface area contributed by atoms with Crippen LogP contribution in [0.25, 0.3) is 0 Å². The maximum Gasteiger partial charge on any atom is 0.264 e. The fraction of sp³-hybridized carbons (Fsp3) is 0.500. The standard InChI is InChI=1S/C12H17BrN2O3S/c1-8(5-6-16)14-11(17)7-15(2)12(18)9-3-4-10(13)19-9/h3-4,8,16H,5-7H2,1-2H3,(H,14,17). The molecule has 0 aliphatic heterocycles. The van der Waals surface area contributed by atoms with Crippen molar-refractivity contribution in [2.75, 3.05) is 20.2 Å². The molecule has 2 amide bonds. The summed E-state index contributed by atoms with van der Waals surface area (Å²) in [6, 6.07) is 3.42. The minimum atomic E-state index is -0.229. The van der Waals surface area contributed by atoms with Gasteiger partial charge in [-0.05, 0) is 41.4 Å². The molecule has 1 aromatic rings. The average molecular weight is 349 g/mol. The van der Waals surface area contributed by atoms with Gasteiger partial charge in [0, 0.05) is 19.7 Å². The van der Waals surface area contributed by atoms with E-state index in [-0.39, 0.29) is 31.0 Å². The third-order valence-corrected chi connectivity index (χ3v) is 4.09. The number of halogens is 1. The number of amides is 2. The summed E-state index contributed by atoms with van der Waals surface area (Å²) in [7, 11) is 1.59. The van der Waals surface area contributed by atoms with Crippen LogP contribution in [0.2, 0.25) is 0 Å². The van der Waals surface area contributed by atoms with Gasteiger partial charge < -0.3 is 15.3 Å². The van der Waals surface area contributed by atoms with Crippen LogP contribution in [0.5, 0.6) is 0 Å². The van der Waals surface area contributed by atoms with Crippen LogP contribution in [-0.4, -0.2) is 48.1 Å². The number of aliphatic hydroxyl groups is 1. The predicted molar refractivity (Wildman–Crippen MR) is 78.3 cm³/mol. The first-order chi connectivity index (χ1) is 8.93. The number of aliphatic hydroxyl groups excluding tert-OH is 1. The zero-order valence-corrected chi connectivity index (χ0v) is 13.3. The Kier molecular flexibility index (Phi) is 6.47. The molecule has 106 valence electrons. The largest absolute Gasteiger partial charge is 0.396 e. The van der Waals surface area contributed by atoms with E-state index in [0.717, 1.165) is 3.79 Å². The number of carbonyl (C=O) groups excluding carboxylic acids is 2. The molecule has 1 heterocycles. The van der Waals surface area contributed by atoms with E-state index in [1.165, 1.54) is 16.2 Å². The molecule has 0 fully saturated rings. The molecule has 19 heavy (non-hydrogen) atoms. The number of likely N-dealkylation sites (N-methyl/N-ethyl adjacent to an activating group) is 1. The summed E-state index contributed by atoms with van der Waals surface area (Å²) in [5, 5.41) is 11.5. The van der Waals surface area contributed by atoms with Gasteiger partial charge >= 0.3 is 0 Å². The Morgan fingerprint density at radius 1 is 1.53 bits per heavy atom. The molecule has 0 spiro atoms. The molecule has 0 aliphatic rings. The molecule has 2 N–H and O–H groups in total. The number of rotatable bonds is 6. The van der Waals surface area contributed by atoms with E-state index in [9.17, 15) is 9.59 Å². The van der Waals surface area contributed by atoms with Gasteiger partial charge in [0.2, 0.25) is 5.91 Å². The summed E-state index contributed by atoms with van der Waals surface area (Å²) in [4.78, 5) is 25.7. The highest BCUT2D eigenvalue weighted by Crippen LogP contribution is 2.22. The van der Waals surface area contributed by atoms with Crippen LogP contribution in [-0.2, 0) is 4.79 Å². The fourth-order valence-corrected chi connectivity index (χ4v) is 2.87. The highest BCUT2D eigenvalue weighted by molar-refractivity contribution is 9.11. The third-order valence-electron chi connectivity index (χ3n) is 2.48. The zero-order valence-electron chi connectivity index (χ0n) is 10.9. The third kappa shape index (κ3) is 5.30. The van der Waals surface area contributed by atoms with Crippen LogP contribution in [0.15, 0.2) is 15.9 Å². The van der Waals surface area contributed by atoms with Crippen molar-refractivity contribution in [2.24, 2.45) is 0 Å². The minimum Gasteiger partial charge on any atom is -0.396 e. The minimum absolute atomic E-state index is 0.00409. The van der Waals surface area contributed by atoms with Crippen molar-refractivity contribution >= 4 is 39.1 Å². The predicted octanol–water partition coefficient (Wildman–Crippen LogP) is 1.47. The summed E-state index contributed by atoms with van der Waals surface area (Å²) in [6.07, 6.45) is 0.501. The summed E-state index contributed by atoms with van der Waals surface area (Å²) < 4.78 is 0.880. The molecule has 0 bridgehead atoms. The Labute approximate surface area is 124 Å². The van der Waals surface area contributed by atoms with E-state index >= 15 is 0 Å². The Bertz CT molecular complexity index is 450.